The fourth-order valence-corrected chi connectivity index (χ4v) is 3.61. The maximum absolute atomic E-state index is 12.3. The van der Waals surface area contributed by atoms with E-state index in [0.717, 1.165) is 4.90 Å². The molecule has 0 saturated heterocycles. The first-order valence-electron chi connectivity index (χ1n) is 6.65. The van der Waals surface area contributed by atoms with Gasteiger partial charge in [-0.1, -0.05) is 18.2 Å². The number of ether oxygens (including phenoxy) is 3. The molecule has 1 unspecified atom stereocenters. The van der Waals surface area contributed by atoms with Crippen LogP contribution < -0.4 is 14.2 Å². The predicted molar refractivity (Wildman–Crippen MR) is 78.0 cm³/mol. The molecule has 0 saturated carbocycles. The Morgan fingerprint density at radius 3 is 2.90 bits per heavy atom. The average molecular weight is 300 g/mol. The van der Waals surface area contributed by atoms with Gasteiger partial charge in [0.25, 0.3) is 0 Å². The van der Waals surface area contributed by atoms with E-state index < -0.39 is 0 Å². The van der Waals surface area contributed by atoms with Crippen molar-refractivity contribution in [3.05, 3.63) is 48.0 Å². The third kappa shape index (κ3) is 2.34. The van der Waals surface area contributed by atoms with Gasteiger partial charge in [-0.2, -0.15) is 0 Å². The Hall–Kier alpha value is -2.14. The number of carbonyl (C=O) groups excluding carboxylic acids is 1. The summed E-state index contributed by atoms with van der Waals surface area (Å²) in [6.45, 7) is 0.209. The second kappa shape index (κ2) is 5.00. The molecule has 0 fully saturated rings. The van der Waals surface area contributed by atoms with Gasteiger partial charge in [-0.15, -0.1) is 11.8 Å². The average Bonchev–Trinajstić information content (AvgIpc) is 3.13. The van der Waals surface area contributed by atoms with Crippen LogP contribution in [-0.2, 0) is 11.2 Å². The van der Waals surface area contributed by atoms with Crippen LogP contribution in [0.2, 0.25) is 0 Å². The van der Waals surface area contributed by atoms with Gasteiger partial charge in [0, 0.05) is 11.0 Å². The summed E-state index contributed by atoms with van der Waals surface area (Å²) in [4.78, 5) is 13.4. The summed E-state index contributed by atoms with van der Waals surface area (Å²) in [6, 6.07) is 13.2. The number of fused-ring (bicyclic) bond motifs is 2. The fraction of sp³-hybridized carbons (Fsp3) is 0.188. The van der Waals surface area contributed by atoms with Crippen LogP contribution in [0.4, 0.5) is 0 Å². The highest BCUT2D eigenvalue weighted by atomic mass is 32.2. The van der Waals surface area contributed by atoms with Crippen molar-refractivity contribution in [1.29, 1.82) is 0 Å². The third-order valence-corrected chi connectivity index (χ3v) is 4.77. The number of thioether (sulfide) groups is 1. The number of hydrogen-bond donors (Lipinski definition) is 0. The minimum Gasteiger partial charge on any atom is -0.454 e. The summed E-state index contributed by atoms with van der Waals surface area (Å²) in [5.74, 6) is 1.55. The van der Waals surface area contributed by atoms with E-state index in [4.69, 9.17) is 14.2 Å². The SMILES string of the molecule is O=C(Oc1ccc2c(c1)OCO2)C1Cc2ccccc2S1. The van der Waals surface area contributed by atoms with Crippen LogP contribution >= 0.6 is 11.8 Å². The van der Waals surface area contributed by atoms with Gasteiger partial charge in [0.05, 0.1) is 0 Å². The van der Waals surface area contributed by atoms with Crippen molar-refractivity contribution in [3.8, 4) is 17.2 Å². The van der Waals surface area contributed by atoms with Gasteiger partial charge < -0.3 is 14.2 Å². The number of carbonyl (C=O) groups is 1. The molecule has 0 amide bonds. The summed E-state index contributed by atoms with van der Waals surface area (Å²) >= 11 is 1.56. The van der Waals surface area contributed by atoms with Crippen LogP contribution in [-0.4, -0.2) is 18.0 Å². The molecule has 0 bridgehead atoms. The highest BCUT2D eigenvalue weighted by Gasteiger charge is 2.30. The quantitative estimate of drug-likeness (QED) is 0.630. The van der Waals surface area contributed by atoms with Crippen LogP contribution in [0.3, 0.4) is 0 Å². The van der Waals surface area contributed by atoms with E-state index in [1.165, 1.54) is 5.56 Å². The summed E-state index contributed by atoms with van der Waals surface area (Å²) in [7, 11) is 0. The predicted octanol–water partition coefficient (Wildman–Crippen LogP) is 3.04. The van der Waals surface area contributed by atoms with Crippen LogP contribution in [0.5, 0.6) is 17.2 Å². The number of esters is 1. The molecule has 21 heavy (non-hydrogen) atoms. The molecular formula is C16H12O4S. The van der Waals surface area contributed by atoms with Crippen LogP contribution in [0.25, 0.3) is 0 Å². The van der Waals surface area contributed by atoms with Crippen molar-refractivity contribution in [1.82, 2.24) is 0 Å². The van der Waals surface area contributed by atoms with E-state index in [1.54, 1.807) is 30.0 Å². The Bertz CT molecular complexity index is 688. The van der Waals surface area contributed by atoms with Crippen molar-refractivity contribution in [3.63, 3.8) is 0 Å². The molecule has 106 valence electrons. The van der Waals surface area contributed by atoms with Crippen LogP contribution in [0, 0.1) is 0 Å². The lowest BCUT2D eigenvalue weighted by atomic mass is 10.1. The van der Waals surface area contributed by atoms with Gasteiger partial charge in [0.15, 0.2) is 11.5 Å². The lowest BCUT2D eigenvalue weighted by Crippen LogP contribution is -2.22. The first kappa shape index (κ1) is 12.6. The maximum Gasteiger partial charge on any atom is 0.325 e. The van der Waals surface area contributed by atoms with E-state index >= 15 is 0 Å². The van der Waals surface area contributed by atoms with Crippen molar-refractivity contribution in [2.75, 3.05) is 6.79 Å². The zero-order chi connectivity index (χ0) is 14.2. The smallest absolute Gasteiger partial charge is 0.325 e. The summed E-state index contributed by atoms with van der Waals surface area (Å²) in [6.07, 6.45) is 0.713. The second-order valence-corrected chi connectivity index (χ2v) is 6.10. The Morgan fingerprint density at radius 1 is 1.14 bits per heavy atom. The minimum atomic E-state index is -0.227. The topological polar surface area (TPSA) is 44.8 Å². The third-order valence-electron chi connectivity index (χ3n) is 3.47. The Labute approximate surface area is 126 Å². The Kier molecular flexibility index (Phi) is 3.00. The van der Waals surface area contributed by atoms with Gasteiger partial charge >= 0.3 is 5.97 Å². The lowest BCUT2D eigenvalue weighted by Gasteiger charge is -2.09. The second-order valence-electron chi connectivity index (χ2n) is 4.85. The Balaban J connectivity index is 1.47. The molecule has 2 aliphatic rings. The normalized spacial score (nSPS) is 18.4. The van der Waals surface area contributed by atoms with Crippen molar-refractivity contribution < 1.29 is 19.0 Å². The molecule has 0 aromatic heterocycles. The maximum atomic E-state index is 12.3. The Morgan fingerprint density at radius 2 is 2.00 bits per heavy atom. The van der Waals surface area contributed by atoms with Crippen LogP contribution in [0.15, 0.2) is 47.4 Å². The summed E-state index contributed by atoms with van der Waals surface area (Å²) < 4.78 is 16.0. The van der Waals surface area contributed by atoms with Gasteiger partial charge in [-0.05, 0) is 30.2 Å². The van der Waals surface area contributed by atoms with E-state index in [-0.39, 0.29) is 18.0 Å². The van der Waals surface area contributed by atoms with Gasteiger partial charge in [0.1, 0.15) is 11.0 Å². The summed E-state index contributed by atoms with van der Waals surface area (Å²) in [5, 5.41) is -0.187. The number of hydrogen-bond acceptors (Lipinski definition) is 5. The molecule has 0 N–H and O–H groups in total. The molecule has 2 aliphatic heterocycles. The first-order valence-corrected chi connectivity index (χ1v) is 7.53. The zero-order valence-electron chi connectivity index (χ0n) is 11.1. The van der Waals surface area contributed by atoms with E-state index in [1.807, 2.05) is 18.2 Å². The van der Waals surface area contributed by atoms with E-state index in [9.17, 15) is 4.79 Å². The fourth-order valence-electron chi connectivity index (χ4n) is 2.44. The molecule has 5 heteroatoms. The van der Waals surface area contributed by atoms with Gasteiger partial charge in [-0.25, -0.2) is 0 Å². The first-order chi connectivity index (χ1) is 10.3. The highest BCUT2D eigenvalue weighted by Crippen LogP contribution is 2.39. The van der Waals surface area contributed by atoms with Gasteiger partial charge in [-0.3, -0.25) is 4.79 Å². The van der Waals surface area contributed by atoms with Crippen LogP contribution in [0.1, 0.15) is 5.56 Å². The van der Waals surface area contributed by atoms with Crippen molar-refractivity contribution >= 4 is 17.7 Å². The van der Waals surface area contributed by atoms with E-state index in [2.05, 4.69) is 6.07 Å². The number of benzene rings is 2. The lowest BCUT2D eigenvalue weighted by molar-refractivity contribution is -0.133. The molecule has 0 radical (unpaired) electrons. The summed E-state index contributed by atoms with van der Waals surface area (Å²) in [5.41, 5.74) is 1.20. The zero-order valence-corrected chi connectivity index (χ0v) is 11.9. The minimum absolute atomic E-state index is 0.187. The molecule has 2 heterocycles. The van der Waals surface area contributed by atoms with Crippen molar-refractivity contribution in [2.45, 2.75) is 16.6 Å². The molecule has 4 rings (SSSR count). The van der Waals surface area contributed by atoms with Gasteiger partial charge in [0.2, 0.25) is 6.79 Å². The molecule has 0 spiro atoms. The molecule has 4 nitrogen and oxygen atoms in total. The molecular weight excluding hydrogens is 288 g/mol. The molecule has 2 aromatic carbocycles. The van der Waals surface area contributed by atoms with E-state index in [0.29, 0.717) is 23.7 Å². The molecule has 2 aromatic rings. The molecule has 1 atom stereocenters. The van der Waals surface area contributed by atoms with Crippen molar-refractivity contribution in [2.24, 2.45) is 0 Å². The largest absolute Gasteiger partial charge is 0.454 e. The molecule has 0 aliphatic carbocycles. The monoisotopic (exact) mass is 300 g/mol. The highest BCUT2D eigenvalue weighted by molar-refractivity contribution is 8.01. The standard InChI is InChI=1S/C16H12O4S/c17-16(15-7-10-3-1-2-4-14(10)21-15)20-11-5-6-12-13(8-11)19-9-18-12/h1-6,8,15H,7,9H2. The number of rotatable bonds is 2.